The molecule has 0 fully saturated rings. The summed E-state index contributed by atoms with van der Waals surface area (Å²) in [5.74, 6) is 0.993. The average Bonchev–Trinajstić information content (AvgIpc) is 3.39. The number of aromatic nitrogens is 2. The van der Waals surface area contributed by atoms with Gasteiger partial charge in [0.25, 0.3) is 0 Å². The maximum Gasteiger partial charge on any atom is 0.144 e. The molecule has 0 aliphatic carbocycles. The molecule has 4 aromatic carbocycles. The Kier molecular flexibility index (Phi) is 7.10. The first-order valence-corrected chi connectivity index (χ1v) is 13.4. The lowest BCUT2D eigenvalue weighted by Crippen LogP contribution is -2.22. The number of imidazole rings is 1. The number of hydrogen-bond donors (Lipinski definition) is 0. The van der Waals surface area contributed by atoms with Crippen molar-refractivity contribution in [2.45, 2.75) is 52.4 Å². The third kappa shape index (κ3) is 5.15. The molecule has 2 heteroatoms. The summed E-state index contributed by atoms with van der Waals surface area (Å²) in [6, 6.07) is 36.8. The molecule has 0 amide bonds. The van der Waals surface area contributed by atoms with Crippen LogP contribution in [0.15, 0.2) is 109 Å². The van der Waals surface area contributed by atoms with Gasteiger partial charge in [-0.1, -0.05) is 119 Å². The van der Waals surface area contributed by atoms with Crippen molar-refractivity contribution in [1.82, 2.24) is 9.55 Å². The third-order valence-corrected chi connectivity index (χ3v) is 7.38. The van der Waals surface area contributed by atoms with Crippen molar-refractivity contribution in [3.8, 4) is 39.3 Å². The van der Waals surface area contributed by atoms with Crippen molar-refractivity contribution >= 4 is 0 Å². The van der Waals surface area contributed by atoms with Gasteiger partial charge in [0, 0.05) is 22.9 Å². The minimum absolute atomic E-state index is 0.00282. The van der Waals surface area contributed by atoms with E-state index in [9.17, 15) is 0 Å². The molecule has 0 aliphatic rings. The van der Waals surface area contributed by atoms with Crippen LogP contribution in [-0.2, 0) is 5.41 Å². The van der Waals surface area contributed by atoms with E-state index in [0.29, 0.717) is 0 Å². The minimum atomic E-state index is 0.00282. The van der Waals surface area contributed by atoms with Crippen LogP contribution >= 0.6 is 0 Å². The number of unbranched alkanes of at least 4 members (excludes halogenated alkanes) is 1. The van der Waals surface area contributed by atoms with Gasteiger partial charge in [-0.15, -0.1) is 0 Å². The highest BCUT2D eigenvalue weighted by molar-refractivity contribution is 5.72. The van der Waals surface area contributed by atoms with Crippen molar-refractivity contribution < 1.29 is 0 Å². The van der Waals surface area contributed by atoms with E-state index >= 15 is 0 Å². The molecule has 0 bridgehead atoms. The molecular formula is C35H36N2. The summed E-state index contributed by atoms with van der Waals surface area (Å²) < 4.78 is 2.41. The van der Waals surface area contributed by atoms with E-state index in [1.54, 1.807) is 0 Å². The number of rotatable bonds is 8. The monoisotopic (exact) mass is 484 g/mol. The van der Waals surface area contributed by atoms with Crippen LogP contribution in [-0.4, -0.2) is 9.55 Å². The standard InChI is InChI=1S/C35H36N2/c1-5-6-22-35(3,4)33-25-36-34(31-19-13-18-29(24-31)27-14-9-7-10-15-27)37(33)32-21-20-30(23-26(32)2)28-16-11-8-12-17-28/h7-21,23-25H,5-6,22H2,1-4H3. The van der Waals surface area contributed by atoms with Gasteiger partial charge in [-0.05, 0) is 59.4 Å². The second-order valence-corrected chi connectivity index (χ2v) is 10.6. The molecular weight excluding hydrogens is 448 g/mol. The smallest absolute Gasteiger partial charge is 0.144 e. The zero-order valence-corrected chi connectivity index (χ0v) is 22.4. The largest absolute Gasteiger partial charge is 0.296 e. The average molecular weight is 485 g/mol. The number of aryl methyl sites for hydroxylation is 1. The van der Waals surface area contributed by atoms with E-state index in [2.05, 4.69) is 142 Å². The summed E-state index contributed by atoms with van der Waals surface area (Å²) in [6.45, 7) is 9.19. The molecule has 0 atom stereocenters. The molecule has 186 valence electrons. The van der Waals surface area contributed by atoms with E-state index < -0.39 is 0 Å². The van der Waals surface area contributed by atoms with E-state index in [-0.39, 0.29) is 5.41 Å². The Morgan fingerprint density at radius 3 is 1.89 bits per heavy atom. The van der Waals surface area contributed by atoms with Crippen molar-refractivity contribution in [1.29, 1.82) is 0 Å². The lowest BCUT2D eigenvalue weighted by atomic mass is 9.84. The van der Waals surface area contributed by atoms with E-state index in [4.69, 9.17) is 4.98 Å². The Bertz CT molecular complexity index is 1480. The lowest BCUT2D eigenvalue weighted by Gasteiger charge is -2.27. The fourth-order valence-electron chi connectivity index (χ4n) is 5.21. The van der Waals surface area contributed by atoms with Gasteiger partial charge in [0.1, 0.15) is 5.82 Å². The van der Waals surface area contributed by atoms with E-state index in [1.807, 2.05) is 0 Å². The predicted octanol–water partition coefficient (Wildman–Crippen LogP) is 9.65. The topological polar surface area (TPSA) is 17.8 Å². The SMILES string of the molecule is CCCCC(C)(C)c1cnc(-c2cccc(-c3ccccc3)c2)n1-c1ccc(-c2ccccc2)cc1C. The van der Waals surface area contributed by atoms with E-state index in [0.717, 1.165) is 17.8 Å². The Hall–Kier alpha value is -3.91. The predicted molar refractivity (Wildman–Crippen MR) is 157 cm³/mol. The van der Waals surface area contributed by atoms with Crippen LogP contribution < -0.4 is 0 Å². The van der Waals surface area contributed by atoms with Gasteiger partial charge in [0.2, 0.25) is 0 Å². The van der Waals surface area contributed by atoms with Gasteiger partial charge in [0.15, 0.2) is 0 Å². The van der Waals surface area contributed by atoms with Gasteiger partial charge in [-0.2, -0.15) is 0 Å². The van der Waals surface area contributed by atoms with Crippen LogP contribution in [0.5, 0.6) is 0 Å². The Balaban J connectivity index is 1.66. The molecule has 0 unspecified atom stereocenters. The molecule has 0 saturated carbocycles. The van der Waals surface area contributed by atoms with Crippen molar-refractivity contribution in [2.75, 3.05) is 0 Å². The Labute approximate surface area is 221 Å². The molecule has 5 aromatic rings. The fraction of sp³-hybridized carbons (Fsp3) is 0.229. The maximum absolute atomic E-state index is 5.06. The van der Waals surface area contributed by atoms with Crippen LogP contribution in [0.4, 0.5) is 0 Å². The number of hydrogen-bond acceptors (Lipinski definition) is 1. The molecule has 5 rings (SSSR count). The van der Waals surface area contributed by atoms with Crippen LogP contribution in [0.2, 0.25) is 0 Å². The normalized spacial score (nSPS) is 11.6. The minimum Gasteiger partial charge on any atom is -0.296 e. The molecule has 0 aliphatic heterocycles. The summed E-state index contributed by atoms with van der Waals surface area (Å²) in [5.41, 5.74) is 9.72. The van der Waals surface area contributed by atoms with E-state index in [1.165, 1.54) is 52.0 Å². The molecule has 1 aromatic heterocycles. The summed E-state index contributed by atoms with van der Waals surface area (Å²) in [5, 5.41) is 0. The second kappa shape index (κ2) is 10.6. The summed E-state index contributed by atoms with van der Waals surface area (Å²) in [6.07, 6.45) is 5.61. The summed E-state index contributed by atoms with van der Waals surface area (Å²) >= 11 is 0. The van der Waals surface area contributed by atoms with Crippen molar-refractivity contribution in [3.05, 3.63) is 121 Å². The fourth-order valence-corrected chi connectivity index (χ4v) is 5.21. The quantitative estimate of drug-likeness (QED) is 0.214. The molecule has 2 nitrogen and oxygen atoms in total. The van der Waals surface area contributed by atoms with Crippen molar-refractivity contribution in [3.63, 3.8) is 0 Å². The zero-order valence-electron chi connectivity index (χ0n) is 22.4. The maximum atomic E-state index is 5.06. The first-order valence-electron chi connectivity index (χ1n) is 13.4. The Morgan fingerprint density at radius 2 is 1.27 bits per heavy atom. The zero-order chi connectivity index (χ0) is 25.8. The van der Waals surface area contributed by atoms with Gasteiger partial charge < -0.3 is 0 Å². The van der Waals surface area contributed by atoms with Crippen LogP contribution in [0, 0.1) is 6.92 Å². The highest BCUT2D eigenvalue weighted by Crippen LogP contribution is 2.37. The van der Waals surface area contributed by atoms with Gasteiger partial charge in [-0.25, -0.2) is 4.98 Å². The van der Waals surface area contributed by atoms with Gasteiger partial charge in [0.05, 0.1) is 5.69 Å². The third-order valence-electron chi connectivity index (χ3n) is 7.38. The molecule has 0 saturated heterocycles. The van der Waals surface area contributed by atoms with Crippen LogP contribution in [0.25, 0.3) is 39.3 Å². The highest BCUT2D eigenvalue weighted by Gasteiger charge is 2.28. The number of nitrogens with zero attached hydrogens (tertiary/aromatic N) is 2. The molecule has 0 radical (unpaired) electrons. The molecule has 0 spiro atoms. The van der Waals surface area contributed by atoms with Crippen LogP contribution in [0.3, 0.4) is 0 Å². The van der Waals surface area contributed by atoms with Crippen molar-refractivity contribution in [2.24, 2.45) is 0 Å². The van der Waals surface area contributed by atoms with Gasteiger partial charge in [-0.3, -0.25) is 4.57 Å². The first kappa shape index (κ1) is 24.8. The summed E-state index contributed by atoms with van der Waals surface area (Å²) in [4.78, 5) is 5.06. The van der Waals surface area contributed by atoms with Crippen LogP contribution in [0.1, 0.15) is 51.3 Å². The summed E-state index contributed by atoms with van der Waals surface area (Å²) in [7, 11) is 0. The van der Waals surface area contributed by atoms with Gasteiger partial charge >= 0.3 is 0 Å². The molecule has 37 heavy (non-hydrogen) atoms. The number of benzene rings is 4. The second-order valence-electron chi connectivity index (χ2n) is 10.6. The molecule has 1 heterocycles. The first-order chi connectivity index (χ1) is 18.0. The molecule has 0 N–H and O–H groups in total. The highest BCUT2D eigenvalue weighted by atomic mass is 15.1. The lowest BCUT2D eigenvalue weighted by molar-refractivity contribution is 0.439. The Morgan fingerprint density at radius 1 is 0.676 bits per heavy atom.